The number of benzene rings is 1. The highest BCUT2D eigenvalue weighted by Gasteiger charge is 2.25. The fourth-order valence-electron chi connectivity index (χ4n) is 2.99. The van der Waals surface area contributed by atoms with Crippen molar-refractivity contribution in [3.8, 4) is 0 Å². The predicted molar refractivity (Wildman–Crippen MR) is 92.6 cm³/mol. The second kappa shape index (κ2) is 7.62. The lowest BCUT2D eigenvalue weighted by Gasteiger charge is -2.22. The average Bonchev–Trinajstić information content (AvgIpc) is 2.96. The minimum Gasteiger partial charge on any atom is -0.370 e. The van der Waals surface area contributed by atoms with Crippen LogP contribution in [0.15, 0.2) is 36.5 Å². The molecule has 2 aromatic rings. The fourth-order valence-corrected chi connectivity index (χ4v) is 2.99. The molecule has 5 nitrogen and oxygen atoms in total. The van der Waals surface area contributed by atoms with Crippen LogP contribution in [0.4, 0.5) is 0 Å². The van der Waals surface area contributed by atoms with Gasteiger partial charge in [0.15, 0.2) is 0 Å². The number of nitrogens with one attached hydrogen (secondary N) is 1. The van der Waals surface area contributed by atoms with Gasteiger partial charge in [-0.1, -0.05) is 44.2 Å². The van der Waals surface area contributed by atoms with Crippen LogP contribution in [0.3, 0.4) is 0 Å². The standard InChI is InChI=1S/C19H25N3O2/c1-14(2)10-18(23)20-11-17-19-16(8-9-24-17)13-22(21-19)12-15-6-4-3-5-7-15/h3-7,13-14,17H,8-12H2,1-2H3,(H,20,23)/t17-/m1/s1. The van der Waals surface area contributed by atoms with Gasteiger partial charge in [0.2, 0.25) is 5.91 Å². The summed E-state index contributed by atoms with van der Waals surface area (Å²) >= 11 is 0. The van der Waals surface area contributed by atoms with Crippen LogP contribution in [0.25, 0.3) is 0 Å². The molecular formula is C19H25N3O2. The highest BCUT2D eigenvalue weighted by atomic mass is 16.5. The van der Waals surface area contributed by atoms with E-state index in [1.54, 1.807) is 0 Å². The summed E-state index contributed by atoms with van der Waals surface area (Å²) in [6.07, 6.45) is 3.37. The maximum Gasteiger partial charge on any atom is 0.220 e. The van der Waals surface area contributed by atoms with Crippen molar-refractivity contribution in [1.82, 2.24) is 15.1 Å². The zero-order valence-corrected chi connectivity index (χ0v) is 14.4. The number of hydrogen-bond donors (Lipinski definition) is 1. The number of carbonyl (C=O) groups is 1. The van der Waals surface area contributed by atoms with Crippen LogP contribution in [0.2, 0.25) is 0 Å². The second-order valence-corrected chi connectivity index (χ2v) is 6.73. The molecule has 1 aliphatic rings. The number of fused-ring (bicyclic) bond motifs is 1. The Morgan fingerprint density at radius 3 is 2.92 bits per heavy atom. The Balaban J connectivity index is 1.65. The van der Waals surface area contributed by atoms with Gasteiger partial charge in [-0.05, 0) is 23.5 Å². The molecule has 1 amide bonds. The third kappa shape index (κ3) is 4.23. The number of hydrogen-bond acceptors (Lipinski definition) is 3. The monoisotopic (exact) mass is 327 g/mol. The SMILES string of the molecule is CC(C)CC(=O)NC[C@H]1OCCc2cn(Cc3ccccc3)nc21. The van der Waals surface area contributed by atoms with E-state index in [1.165, 1.54) is 11.1 Å². The highest BCUT2D eigenvalue weighted by Crippen LogP contribution is 2.25. The van der Waals surface area contributed by atoms with Crippen molar-refractivity contribution in [3.63, 3.8) is 0 Å². The van der Waals surface area contributed by atoms with Gasteiger partial charge in [-0.2, -0.15) is 5.10 Å². The van der Waals surface area contributed by atoms with Crippen LogP contribution < -0.4 is 5.32 Å². The van der Waals surface area contributed by atoms with E-state index in [9.17, 15) is 4.79 Å². The molecule has 5 heteroatoms. The largest absolute Gasteiger partial charge is 0.370 e. The molecule has 2 heterocycles. The molecule has 0 bridgehead atoms. The van der Waals surface area contributed by atoms with E-state index in [-0.39, 0.29) is 12.0 Å². The van der Waals surface area contributed by atoms with Crippen LogP contribution in [-0.4, -0.2) is 28.8 Å². The third-order valence-electron chi connectivity index (χ3n) is 4.13. The zero-order chi connectivity index (χ0) is 16.9. The zero-order valence-electron chi connectivity index (χ0n) is 14.4. The van der Waals surface area contributed by atoms with E-state index in [0.29, 0.717) is 25.5 Å². The third-order valence-corrected chi connectivity index (χ3v) is 4.13. The molecule has 128 valence electrons. The van der Waals surface area contributed by atoms with Crippen LogP contribution in [0, 0.1) is 5.92 Å². The molecule has 1 aliphatic heterocycles. The minimum absolute atomic E-state index is 0.0736. The molecule has 0 spiro atoms. The molecule has 0 aliphatic carbocycles. The first kappa shape index (κ1) is 16.7. The van der Waals surface area contributed by atoms with E-state index in [2.05, 4.69) is 23.6 Å². The number of carbonyl (C=O) groups excluding carboxylic acids is 1. The van der Waals surface area contributed by atoms with Crippen molar-refractivity contribution >= 4 is 5.91 Å². The molecule has 1 aromatic heterocycles. The fraction of sp³-hybridized carbons (Fsp3) is 0.474. The second-order valence-electron chi connectivity index (χ2n) is 6.73. The van der Waals surface area contributed by atoms with Crippen LogP contribution in [-0.2, 0) is 22.5 Å². The quantitative estimate of drug-likeness (QED) is 0.887. The lowest BCUT2D eigenvalue weighted by Crippen LogP contribution is -2.32. The van der Waals surface area contributed by atoms with Gasteiger partial charge in [-0.3, -0.25) is 9.48 Å². The molecule has 3 rings (SSSR count). The summed E-state index contributed by atoms with van der Waals surface area (Å²) < 4.78 is 7.80. The van der Waals surface area contributed by atoms with Gasteiger partial charge < -0.3 is 10.1 Å². The summed E-state index contributed by atoms with van der Waals surface area (Å²) in [5.74, 6) is 0.433. The number of rotatable bonds is 6. The molecule has 0 radical (unpaired) electrons. The van der Waals surface area contributed by atoms with Gasteiger partial charge in [0.25, 0.3) is 0 Å². The molecular weight excluding hydrogens is 302 g/mol. The van der Waals surface area contributed by atoms with E-state index >= 15 is 0 Å². The molecule has 1 aromatic carbocycles. The first-order chi connectivity index (χ1) is 11.6. The van der Waals surface area contributed by atoms with Crippen LogP contribution >= 0.6 is 0 Å². The van der Waals surface area contributed by atoms with Crippen molar-refractivity contribution in [2.75, 3.05) is 13.2 Å². The summed E-state index contributed by atoms with van der Waals surface area (Å²) in [5.41, 5.74) is 3.40. The first-order valence-corrected chi connectivity index (χ1v) is 8.60. The smallest absolute Gasteiger partial charge is 0.220 e. The Kier molecular flexibility index (Phi) is 5.30. The van der Waals surface area contributed by atoms with Crippen molar-refractivity contribution in [3.05, 3.63) is 53.3 Å². The first-order valence-electron chi connectivity index (χ1n) is 8.60. The Morgan fingerprint density at radius 1 is 1.38 bits per heavy atom. The Hall–Kier alpha value is -2.14. The lowest BCUT2D eigenvalue weighted by molar-refractivity contribution is -0.122. The van der Waals surface area contributed by atoms with Crippen molar-refractivity contribution in [2.24, 2.45) is 5.92 Å². The Morgan fingerprint density at radius 2 is 2.17 bits per heavy atom. The molecule has 0 fully saturated rings. The van der Waals surface area contributed by atoms with Gasteiger partial charge in [0.05, 0.1) is 18.8 Å². The molecule has 0 saturated heterocycles. The maximum absolute atomic E-state index is 11.9. The van der Waals surface area contributed by atoms with Crippen molar-refractivity contribution in [2.45, 2.75) is 39.3 Å². The van der Waals surface area contributed by atoms with Crippen molar-refractivity contribution in [1.29, 1.82) is 0 Å². The molecule has 1 atom stereocenters. The summed E-state index contributed by atoms with van der Waals surface area (Å²) in [4.78, 5) is 11.9. The van der Waals surface area contributed by atoms with E-state index < -0.39 is 0 Å². The summed E-state index contributed by atoms with van der Waals surface area (Å²) in [5, 5.41) is 7.68. The highest BCUT2D eigenvalue weighted by molar-refractivity contribution is 5.76. The Bertz CT molecular complexity index is 679. The van der Waals surface area contributed by atoms with Gasteiger partial charge in [0.1, 0.15) is 6.10 Å². The van der Waals surface area contributed by atoms with E-state index in [4.69, 9.17) is 9.84 Å². The van der Waals surface area contributed by atoms with E-state index in [0.717, 1.165) is 18.7 Å². The Labute approximate surface area is 143 Å². The number of ether oxygens (including phenoxy) is 1. The predicted octanol–water partition coefficient (Wildman–Crippen LogP) is 2.71. The topological polar surface area (TPSA) is 56.1 Å². The average molecular weight is 327 g/mol. The normalized spacial score (nSPS) is 16.9. The van der Waals surface area contributed by atoms with Gasteiger partial charge in [-0.15, -0.1) is 0 Å². The van der Waals surface area contributed by atoms with Gasteiger partial charge in [0, 0.05) is 19.2 Å². The summed E-state index contributed by atoms with van der Waals surface area (Å²) in [7, 11) is 0. The van der Waals surface area contributed by atoms with Gasteiger partial charge >= 0.3 is 0 Å². The lowest BCUT2D eigenvalue weighted by atomic mass is 10.1. The summed E-state index contributed by atoms with van der Waals surface area (Å²) in [6.45, 7) is 6.00. The molecule has 1 N–H and O–H groups in total. The van der Waals surface area contributed by atoms with Crippen molar-refractivity contribution < 1.29 is 9.53 Å². The van der Waals surface area contributed by atoms with Crippen LogP contribution in [0.1, 0.15) is 43.2 Å². The summed E-state index contributed by atoms with van der Waals surface area (Å²) in [6, 6.07) is 10.3. The number of amides is 1. The number of nitrogens with zero attached hydrogens (tertiary/aromatic N) is 2. The van der Waals surface area contributed by atoms with Gasteiger partial charge in [-0.25, -0.2) is 0 Å². The molecule has 0 unspecified atom stereocenters. The molecule has 24 heavy (non-hydrogen) atoms. The van der Waals surface area contributed by atoms with Crippen LogP contribution in [0.5, 0.6) is 0 Å². The minimum atomic E-state index is -0.151. The van der Waals surface area contributed by atoms with E-state index in [1.807, 2.05) is 36.7 Å². The maximum atomic E-state index is 11.9. The number of aromatic nitrogens is 2. The molecule has 0 saturated carbocycles.